The summed E-state index contributed by atoms with van der Waals surface area (Å²) >= 11 is 0. The van der Waals surface area contributed by atoms with E-state index in [1.807, 2.05) is 6.92 Å². The molecule has 0 spiro atoms. The van der Waals surface area contributed by atoms with Crippen molar-refractivity contribution in [3.63, 3.8) is 0 Å². The fourth-order valence-electron chi connectivity index (χ4n) is 1.82. The molecular formula is C14H19NO5S. The van der Waals surface area contributed by atoms with Gasteiger partial charge in [0.1, 0.15) is 0 Å². The Morgan fingerprint density at radius 1 is 1.24 bits per heavy atom. The molecule has 1 atom stereocenters. The number of rotatable bonds is 8. The van der Waals surface area contributed by atoms with Crippen molar-refractivity contribution in [3.05, 3.63) is 29.8 Å². The molecule has 0 aliphatic carbocycles. The zero-order valence-corrected chi connectivity index (χ0v) is 12.8. The zero-order chi connectivity index (χ0) is 16.0. The molecule has 0 aliphatic rings. The SMILES string of the molecule is CCCC(CNS(=O)(=O)c1ccc(C(C)=O)cc1)C(=O)O. The van der Waals surface area contributed by atoms with Crippen LogP contribution < -0.4 is 4.72 Å². The van der Waals surface area contributed by atoms with Crippen LogP contribution in [-0.4, -0.2) is 31.8 Å². The predicted octanol–water partition coefficient (Wildman–Crippen LogP) is 1.67. The van der Waals surface area contributed by atoms with Gasteiger partial charge >= 0.3 is 5.97 Å². The van der Waals surface area contributed by atoms with Crippen molar-refractivity contribution in [2.45, 2.75) is 31.6 Å². The number of aliphatic carboxylic acids is 1. The van der Waals surface area contributed by atoms with Crippen molar-refractivity contribution in [1.29, 1.82) is 0 Å². The van der Waals surface area contributed by atoms with Gasteiger partial charge in [-0.2, -0.15) is 0 Å². The Morgan fingerprint density at radius 3 is 2.24 bits per heavy atom. The highest BCUT2D eigenvalue weighted by atomic mass is 32.2. The van der Waals surface area contributed by atoms with E-state index in [9.17, 15) is 18.0 Å². The Balaban J connectivity index is 2.81. The number of carboxylic acid groups (broad SMARTS) is 1. The molecule has 0 bridgehead atoms. The zero-order valence-electron chi connectivity index (χ0n) is 12.0. The summed E-state index contributed by atoms with van der Waals surface area (Å²) in [7, 11) is -3.77. The summed E-state index contributed by atoms with van der Waals surface area (Å²) in [6, 6.07) is 5.51. The molecule has 0 fully saturated rings. The lowest BCUT2D eigenvalue weighted by Crippen LogP contribution is -2.33. The number of hydrogen-bond acceptors (Lipinski definition) is 4. The van der Waals surface area contributed by atoms with E-state index >= 15 is 0 Å². The molecule has 0 saturated heterocycles. The quantitative estimate of drug-likeness (QED) is 0.711. The van der Waals surface area contributed by atoms with Gasteiger partial charge in [0.2, 0.25) is 10.0 Å². The highest BCUT2D eigenvalue weighted by Gasteiger charge is 2.21. The van der Waals surface area contributed by atoms with Crippen LogP contribution >= 0.6 is 0 Å². The summed E-state index contributed by atoms with van der Waals surface area (Å²) in [6.07, 6.45) is 1.06. The molecule has 7 heteroatoms. The number of carbonyl (C=O) groups is 2. The van der Waals surface area contributed by atoms with Crippen LogP contribution in [0.15, 0.2) is 29.2 Å². The monoisotopic (exact) mass is 313 g/mol. The lowest BCUT2D eigenvalue weighted by atomic mass is 10.1. The van der Waals surface area contributed by atoms with E-state index < -0.39 is 21.9 Å². The lowest BCUT2D eigenvalue weighted by molar-refractivity contribution is -0.141. The summed E-state index contributed by atoms with van der Waals surface area (Å²) in [4.78, 5) is 22.1. The molecule has 2 N–H and O–H groups in total. The van der Waals surface area contributed by atoms with Gasteiger partial charge in [-0.05, 0) is 25.5 Å². The minimum Gasteiger partial charge on any atom is -0.481 e. The fourth-order valence-corrected chi connectivity index (χ4v) is 2.91. The van der Waals surface area contributed by atoms with Crippen molar-refractivity contribution in [2.24, 2.45) is 5.92 Å². The van der Waals surface area contributed by atoms with Crippen LogP contribution in [0.5, 0.6) is 0 Å². The van der Waals surface area contributed by atoms with E-state index in [1.54, 1.807) is 0 Å². The average molecular weight is 313 g/mol. The fraction of sp³-hybridized carbons (Fsp3) is 0.429. The van der Waals surface area contributed by atoms with Crippen molar-refractivity contribution < 1.29 is 23.1 Å². The van der Waals surface area contributed by atoms with Gasteiger partial charge in [0.15, 0.2) is 5.78 Å². The van der Waals surface area contributed by atoms with Gasteiger partial charge in [-0.1, -0.05) is 25.5 Å². The van der Waals surface area contributed by atoms with Crippen LogP contribution in [0.3, 0.4) is 0 Å². The van der Waals surface area contributed by atoms with Crippen molar-refractivity contribution in [1.82, 2.24) is 4.72 Å². The Labute approximate surface area is 124 Å². The Morgan fingerprint density at radius 2 is 1.81 bits per heavy atom. The van der Waals surface area contributed by atoms with Gasteiger partial charge in [-0.15, -0.1) is 0 Å². The highest BCUT2D eigenvalue weighted by Crippen LogP contribution is 2.12. The third-order valence-corrected chi connectivity index (χ3v) is 4.52. The van der Waals surface area contributed by atoms with Gasteiger partial charge in [0.05, 0.1) is 10.8 Å². The Bertz CT molecular complexity index is 607. The first-order valence-electron chi connectivity index (χ1n) is 6.61. The molecule has 0 radical (unpaired) electrons. The third-order valence-electron chi connectivity index (χ3n) is 3.08. The van der Waals surface area contributed by atoms with Gasteiger partial charge in [0, 0.05) is 12.1 Å². The Hall–Kier alpha value is -1.73. The predicted molar refractivity (Wildman–Crippen MR) is 77.7 cm³/mol. The number of carboxylic acids is 1. The van der Waals surface area contributed by atoms with E-state index in [0.29, 0.717) is 18.4 Å². The van der Waals surface area contributed by atoms with Crippen LogP contribution in [0, 0.1) is 5.92 Å². The lowest BCUT2D eigenvalue weighted by Gasteiger charge is -2.12. The normalized spacial score (nSPS) is 12.9. The van der Waals surface area contributed by atoms with E-state index in [2.05, 4.69) is 4.72 Å². The largest absolute Gasteiger partial charge is 0.481 e. The van der Waals surface area contributed by atoms with E-state index in [4.69, 9.17) is 5.11 Å². The highest BCUT2D eigenvalue weighted by molar-refractivity contribution is 7.89. The number of benzene rings is 1. The number of hydrogen-bond donors (Lipinski definition) is 2. The molecule has 0 aromatic heterocycles. The van der Waals surface area contributed by atoms with Gasteiger partial charge in [-0.3, -0.25) is 9.59 Å². The standard InChI is InChI=1S/C14H19NO5S/c1-3-4-12(14(17)18)9-15-21(19,20)13-7-5-11(6-8-13)10(2)16/h5-8,12,15H,3-4,9H2,1-2H3,(H,17,18). The topological polar surface area (TPSA) is 101 Å². The molecule has 116 valence electrons. The summed E-state index contributed by atoms with van der Waals surface area (Å²) in [5.74, 6) is -1.92. The number of Topliss-reactive ketones (excluding diaryl/α,β-unsaturated/α-hetero) is 1. The first kappa shape index (κ1) is 17.3. The molecule has 1 aromatic carbocycles. The number of sulfonamides is 1. The minimum absolute atomic E-state index is 0.00753. The van der Waals surface area contributed by atoms with Crippen molar-refractivity contribution >= 4 is 21.8 Å². The number of nitrogens with one attached hydrogen (secondary N) is 1. The smallest absolute Gasteiger partial charge is 0.307 e. The molecule has 21 heavy (non-hydrogen) atoms. The second-order valence-electron chi connectivity index (χ2n) is 4.76. The van der Waals surface area contributed by atoms with E-state index in [-0.39, 0.29) is 17.2 Å². The molecule has 1 unspecified atom stereocenters. The molecule has 0 saturated carbocycles. The van der Waals surface area contributed by atoms with Crippen LogP contribution in [0.2, 0.25) is 0 Å². The van der Waals surface area contributed by atoms with Gasteiger partial charge in [-0.25, -0.2) is 13.1 Å². The summed E-state index contributed by atoms with van der Waals surface area (Å²) in [6.45, 7) is 3.08. The molecule has 1 rings (SSSR count). The summed E-state index contributed by atoms with van der Waals surface area (Å²) in [5.41, 5.74) is 0.420. The molecular weight excluding hydrogens is 294 g/mol. The first-order chi connectivity index (χ1) is 9.77. The third kappa shape index (κ3) is 4.95. The maximum Gasteiger partial charge on any atom is 0.307 e. The average Bonchev–Trinajstić information content (AvgIpc) is 2.43. The van der Waals surface area contributed by atoms with Crippen LogP contribution in [0.4, 0.5) is 0 Å². The van der Waals surface area contributed by atoms with Crippen LogP contribution in [0.25, 0.3) is 0 Å². The van der Waals surface area contributed by atoms with Crippen LogP contribution in [0.1, 0.15) is 37.0 Å². The molecule has 6 nitrogen and oxygen atoms in total. The molecule has 0 amide bonds. The van der Waals surface area contributed by atoms with Crippen molar-refractivity contribution in [3.8, 4) is 0 Å². The van der Waals surface area contributed by atoms with E-state index in [1.165, 1.54) is 31.2 Å². The maximum absolute atomic E-state index is 12.1. The first-order valence-corrected chi connectivity index (χ1v) is 8.09. The van der Waals surface area contributed by atoms with Gasteiger partial charge in [0.25, 0.3) is 0 Å². The van der Waals surface area contributed by atoms with Crippen LogP contribution in [-0.2, 0) is 14.8 Å². The summed E-state index contributed by atoms with van der Waals surface area (Å²) in [5, 5.41) is 9.00. The van der Waals surface area contributed by atoms with Crippen molar-refractivity contribution in [2.75, 3.05) is 6.54 Å². The second-order valence-corrected chi connectivity index (χ2v) is 6.52. The molecule has 0 aliphatic heterocycles. The Kier molecular flexibility index (Phi) is 6.04. The molecule has 1 aromatic rings. The van der Waals surface area contributed by atoms with E-state index in [0.717, 1.165) is 0 Å². The summed E-state index contributed by atoms with van der Waals surface area (Å²) < 4.78 is 26.4. The number of carbonyl (C=O) groups excluding carboxylic acids is 1. The molecule has 0 heterocycles. The van der Waals surface area contributed by atoms with Gasteiger partial charge < -0.3 is 5.11 Å². The maximum atomic E-state index is 12.1. The minimum atomic E-state index is -3.77. The number of ketones is 1. The second kappa shape index (κ2) is 7.33.